The van der Waals surface area contributed by atoms with E-state index in [1.165, 1.54) is 0 Å². The highest BCUT2D eigenvalue weighted by Crippen LogP contribution is 1.99. The van der Waals surface area contributed by atoms with Crippen LogP contribution in [0.3, 0.4) is 0 Å². The van der Waals surface area contributed by atoms with Gasteiger partial charge in [-0.1, -0.05) is 0 Å². The molecule has 0 spiro atoms. The molecule has 1 aromatic rings. The number of nitriles is 1. The van der Waals surface area contributed by atoms with E-state index in [2.05, 4.69) is 5.32 Å². The van der Waals surface area contributed by atoms with Gasteiger partial charge in [-0.2, -0.15) is 5.26 Å². The fraction of sp³-hybridized carbons (Fsp3) is 0.455. The summed E-state index contributed by atoms with van der Waals surface area (Å²) < 4.78 is 6.52. The van der Waals surface area contributed by atoms with Crippen LogP contribution in [0.5, 0.6) is 0 Å². The molecule has 0 bridgehead atoms. The monoisotopic (exact) mass is 221 g/mol. The molecule has 1 heterocycles. The molecule has 5 heteroatoms. The first-order chi connectivity index (χ1) is 7.67. The first-order valence-electron chi connectivity index (χ1n) is 5.01. The molecule has 1 atom stereocenters. The number of hydrogen-bond acceptors (Lipinski definition) is 3. The van der Waals surface area contributed by atoms with Crippen molar-refractivity contribution in [2.75, 3.05) is 13.7 Å². The fourth-order valence-electron chi connectivity index (χ4n) is 1.42. The Hall–Kier alpha value is -1.80. The van der Waals surface area contributed by atoms with Crippen molar-refractivity contribution in [3.05, 3.63) is 24.0 Å². The molecular weight excluding hydrogens is 206 g/mol. The second-order valence-corrected chi connectivity index (χ2v) is 3.56. The molecule has 0 aromatic carbocycles. The first kappa shape index (κ1) is 12.3. The summed E-state index contributed by atoms with van der Waals surface area (Å²) in [5.41, 5.74) is 0.481. The van der Waals surface area contributed by atoms with Gasteiger partial charge in [-0.3, -0.25) is 4.79 Å². The van der Waals surface area contributed by atoms with Crippen LogP contribution < -0.4 is 5.32 Å². The molecule has 0 saturated carbocycles. The van der Waals surface area contributed by atoms with Crippen LogP contribution in [0.4, 0.5) is 0 Å². The van der Waals surface area contributed by atoms with Gasteiger partial charge < -0.3 is 14.6 Å². The van der Waals surface area contributed by atoms with E-state index in [1.807, 2.05) is 13.0 Å². The van der Waals surface area contributed by atoms with Gasteiger partial charge in [-0.05, 0) is 19.1 Å². The fourth-order valence-corrected chi connectivity index (χ4v) is 1.42. The number of nitrogens with zero attached hydrogens (tertiary/aromatic N) is 2. The van der Waals surface area contributed by atoms with Crippen molar-refractivity contribution in [3.8, 4) is 6.07 Å². The van der Waals surface area contributed by atoms with Crippen molar-refractivity contribution in [1.82, 2.24) is 9.88 Å². The topological polar surface area (TPSA) is 67.0 Å². The van der Waals surface area contributed by atoms with Gasteiger partial charge in [0, 0.05) is 19.3 Å². The zero-order valence-electron chi connectivity index (χ0n) is 9.43. The molecule has 0 saturated heterocycles. The predicted molar refractivity (Wildman–Crippen MR) is 58.6 cm³/mol. The minimum atomic E-state index is -0.128. The lowest BCUT2D eigenvalue weighted by Crippen LogP contribution is -2.37. The van der Waals surface area contributed by atoms with E-state index in [-0.39, 0.29) is 18.5 Å². The van der Waals surface area contributed by atoms with Crippen molar-refractivity contribution in [2.45, 2.75) is 19.5 Å². The maximum absolute atomic E-state index is 11.6. The van der Waals surface area contributed by atoms with Crippen LogP contribution in [-0.2, 0) is 16.1 Å². The van der Waals surface area contributed by atoms with E-state index >= 15 is 0 Å². The average Bonchev–Trinajstić information content (AvgIpc) is 2.65. The van der Waals surface area contributed by atoms with Gasteiger partial charge in [0.05, 0.1) is 6.61 Å². The number of methoxy groups -OCH3 is 1. The molecule has 86 valence electrons. The van der Waals surface area contributed by atoms with Crippen LogP contribution in [0.1, 0.15) is 12.6 Å². The number of nitrogens with one attached hydrogen (secondary N) is 1. The molecule has 0 radical (unpaired) electrons. The zero-order chi connectivity index (χ0) is 12.0. The Bertz CT molecular complexity index is 392. The molecule has 1 aromatic heterocycles. The molecule has 0 aliphatic rings. The van der Waals surface area contributed by atoms with Crippen molar-refractivity contribution >= 4 is 5.91 Å². The molecule has 0 aliphatic heterocycles. The smallest absolute Gasteiger partial charge is 0.240 e. The molecule has 1 rings (SSSR count). The number of carbonyl (C=O) groups is 1. The van der Waals surface area contributed by atoms with Crippen LogP contribution >= 0.6 is 0 Å². The van der Waals surface area contributed by atoms with E-state index in [9.17, 15) is 4.79 Å². The third-order valence-electron chi connectivity index (χ3n) is 2.08. The molecule has 1 amide bonds. The summed E-state index contributed by atoms with van der Waals surface area (Å²) in [7, 11) is 1.59. The van der Waals surface area contributed by atoms with Gasteiger partial charge in [0.15, 0.2) is 0 Å². The highest BCUT2D eigenvalue weighted by Gasteiger charge is 2.09. The second-order valence-electron chi connectivity index (χ2n) is 3.56. The third kappa shape index (κ3) is 3.41. The summed E-state index contributed by atoms with van der Waals surface area (Å²) in [5, 5.41) is 11.5. The maximum Gasteiger partial charge on any atom is 0.240 e. The van der Waals surface area contributed by atoms with Gasteiger partial charge in [0.1, 0.15) is 18.3 Å². The number of aromatic nitrogens is 1. The highest BCUT2D eigenvalue weighted by molar-refractivity contribution is 5.76. The normalized spacial score (nSPS) is 11.8. The summed E-state index contributed by atoms with van der Waals surface area (Å²) in [5.74, 6) is -0.128. The molecule has 0 fully saturated rings. The summed E-state index contributed by atoms with van der Waals surface area (Å²) in [6, 6.07) is 5.40. The van der Waals surface area contributed by atoms with Crippen LogP contribution in [-0.4, -0.2) is 30.2 Å². The van der Waals surface area contributed by atoms with Crippen molar-refractivity contribution in [3.63, 3.8) is 0 Å². The molecular formula is C11H15N3O2. The standard InChI is InChI=1S/C11H15N3O2/c1-9(8-16-2)13-11(15)7-14-5-3-4-10(14)6-12/h3-5,9H,7-8H2,1-2H3,(H,13,15). The van der Waals surface area contributed by atoms with Crippen molar-refractivity contribution in [2.24, 2.45) is 0 Å². The molecule has 16 heavy (non-hydrogen) atoms. The number of amides is 1. The minimum absolute atomic E-state index is 0.0291. The van der Waals surface area contributed by atoms with E-state index < -0.39 is 0 Å². The number of ether oxygens (including phenoxy) is 1. The van der Waals surface area contributed by atoms with E-state index in [4.69, 9.17) is 10.00 Å². The van der Waals surface area contributed by atoms with Crippen LogP contribution in [0, 0.1) is 11.3 Å². The van der Waals surface area contributed by atoms with Crippen LogP contribution in [0.2, 0.25) is 0 Å². The minimum Gasteiger partial charge on any atom is -0.383 e. The van der Waals surface area contributed by atoms with Crippen LogP contribution in [0.15, 0.2) is 18.3 Å². The van der Waals surface area contributed by atoms with Gasteiger partial charge in [-0.15, -0.1) is 0 Å². The van der Waals surface area contributed by atoms with E-state index in [0.717, 1.165) is 0 Å². The molecule has 0 aliphatic carbocycles. The SMILES string of the molecule is COCC(C)NC(=O)Cn1cccc1C#N. The van der Waals surface area contributed by atoms with Crippen LogP contribution in [0.25, 0.3) is 0 Å². The Labute approximate surface area is 94.6 Å². The zero-order valence-corrected chi connectivity index (χ0v) is 9.43. The lowest BCUT2D eigenvalue weighted by Gasteiger charge is -2.13. The Kier molecular flexibility index (Phi) is 4.55. The van der Waals surface area contributed by atoms with Gasteiger partial charge in [0.2, 0.25) is 5.91 Å². The quantitative estimate of drug-likeness (QED) is 0.787. The van der Waals surface area contributed by atoms with Gasteiger partial charge >= 0.3 is 0 Å². The van der Waals surface area contributed by atoms with Gasteiger partial charge in [-0.25, -0.2) is 0 Å². The first-order valence-corrected chi connectivity index (χ1v) is 5.01. The largest absolute Gasteiger partial charge is 0.383 e. The molecule has 1 unspecified atom stereocenters. The van der Waals surface area contributed by atoms with E-state index in [1.54, 1.807) is 30.0 Å². The molecule has 1 N–H and O–H groups in total. The average molecular weight is 221 g/mol. The Morgan fingerprint density at radius 1 is 1.75 bits per heavy atom. The van der Waals surface area contributed by atoms with Gasteiger partial charge in [0.25, 0.3) is 0 Å². The van der Waals surface area contributed by atoms with Crippen molar-refractivity contribution in [1.29, 1.82) is 5.26 Å². The summed E-state index contributed by atoms with van der Waals surface area (Å²) >= 11 is 0. The maximum atomic E-state index is 11.6. The highest BCUT2D eigenvalue weighted by atomic mass is 16.5. The number of rotatable bonds is 5. The Morgan fingerprint density at radius 3 is 3.12 bits per heavy atom. The number of hydrogen-bond donors (Lipinski definition) is 1. The number of carbonyl (C=O) groups excluding carboxylic acids is 1. The Balaban J connectivity index is 2.49. The second kappa shape index (κ2) is 5.93. The summed E-state index contributed by atoms with van der Waals surface area (Å²) in [4.78, 5) is 11.6. The Morgan fingerprint density at radius 2 is 2.50 bits per heavy atom. The predicted octanol–water partition coefficient (Wildman–Crippen LogP) is 0.511. The van der Waals surface area contributed by atoms with Crippen molar-refractivity contribution < 1.29 is 9.53 Å². The summed E-state index contributed by atoms with van der Waals surface area (Å²) in [6.45, 7) is 2.49. The molecule has 5 nitrogen and oxygen atoms in total. The third-order valence-corrected chi connectivity index (χ3v) is 2.08. The lowest BCUT2D eigenvalue weighted by molar-refractivity contribution is -0.122. The van der Waals surface area contributed by atoms with E-state index in [0.29, 0.717) is 12.3 Å². The summed E-state index contributed by atoms with van der Waals surface area (Å²) in [6.07, 6.45) is 1.71. The lowest BCUT2D eigenvalue weighted by atomic mass is 10.3.